The molecule has 1 aliphatic heterocycles. The normalized spacial score (nSPS) is 16.2. The molecule has 1 amide bonds. The summed E-state index contributed by atoms with van der Waals surface area (Å²) >= 11 is 6.54. The third kappa shape index (κ3) is 3.47. The molecule has 1 saturated heterocycles. The fourth-order valence-electron chi connectivity index (χ4n) is 2.24. The summed E-state index contributed by atoms with van der Waals surface area (Å²) in [5, 5.41) is 9.75. The van der Waals surface area contributed by atoms with Gasteiger partial charge in [0.15, 0.2) is 11.5 Å². The topological polar surface area (TPSA) is 62.9 Å². The van der Waals surface area contributed by atoms with Crippen molar-refractivity contribution in [2.45, 2.75) is 13.5 Å². The molecule has 1 aromatic heterocycles. The van der Waals surface area contributed by atoms with Crippen molar-refractivity contribution in [3.63, 3.8) is 0 Å². The van der Waals surface area contributed by atoms with Gasteiger partial charge in [0.1, 0.15) is 10.1 Å². The maximum Gasteiger partial charge on any atom is 0.266 e. The van der Waals surface area contributed by atoms with Crippen LogP contribution in [0.4, 0.5) is 0 Å². The molecule has 0 bridgehead atoms. The molecule has 1 aromatic carbocycles. The van der Waals surface area contributed by atoms with E-state index in [4.69, 9.17) is 21.4 Å². The lowest BCUT2D eigenvalue weighted by Gasteiger charge is -2.12. The number of rotatable bonds is 5. The standard InChI is InChI=1S/C17H15NO4S2/c1-2-21-14-8-11(5-6-13(14)19)9-15-16(20)18(17(23)24-15)10-12-4-3-7-22-12/h3-9,19H,2,10H2,1H3/b15-9+. The largest absolute Gasteiger partial charge is 0.504 e. The second-order valence-corrected chi connectivity index (χ2v) is 6.68. The predicted octanol–water partition coefficient (Wildman–Crippen LogP) is 3.79. The zero-order valence-electron chi connectivity index (χ0n) is 12.9. The number of thiocarbonyl (C=S) groups is 1. The van der Waals surface area contributed by atoms with Gasteiger partial charge in [0.25, 0.3) is 5.91 Å². The second-order valence-electron chi connectivity index (χ2n) is 5.01. The van der Waals surface area contributed by atoms with Crippen molar-refractivity contribution < 1.29 is 19.1 Å². The SMILES string of the molecule is CCOc1cc(/C=C2/SC(=S)N(Cc3ccco3)C2=O)ccc1O. The van der Waals surface area contributed by atoms with Crippen LogP contribution in [0.3, 0.4) is 0 Å². The molecule has 3 rings (SSSR count). The Labute approximate surface area is 148 Å². The molecule has 0 spiro atoms. The van der Waals surface area contributed by atoms with Crippen LogP contribution in [-0.2, 0) is 11.3 Å². The van der Waals surface area contributed by atoms with Crippen LogP contribution in [0.2, 0.25) is 0 Å². The first-order valence-corrected chi connectivity index (χ1v) is 8.54. The van der Waals surface area contributed by atoms with E-state index < -0.39 is 0 Å². The number of phenolic OH excluding ortho intramolecular Hbond substituents is 1. The van der Waals surface area contributed by atoms with Gasteiger partial charge < -0.3 is 14.3 Å². The minimum atomic E-state index is -0.160. The Morgan fingerprint density at radius 2 is 2.25 bits per heavy atom. The van der Waals surface area contributed by atoms with Crippen molar-refractivity contribution >= 4 is 40.3 Å². The van der Waals surface area contributed by atoms with E-state index in [0.29, 0.717) is 33.9 Å². The number of hydrogen-bond donors (Lipinski definition) is 1. The summed E-state index contributed by atoms with van der Waals surface area (Å²) in [6, 6.07) is 8.53. The molecule has 1 N–H and O–H groups in total. The summed E-state index contributed by atoms with van der Waals surface area (Å²) in [6.07, 6.45) is 3.30. The number of thioether (sulfide) groups is 1. The summed E-state index contributed by atoms with van der Waals surface area (Å²) < 4.78 is 11.1. The molecule has 0 atom stereocenters. The van der Waals surface area contributed by atoms with E-state index in [-0.39, 0.29) is 11.7 Å². The molecule has 2 heterocycles. The third-order valence-electron chi connectivity index (χ3n) is 3.35. The van der Waals surface area contributed by atoms with Crippen molar-refractivity contribution in [2.75, 3.05) is 6.61 Å². The maximum atomic E-state index is 12.6. The Morgan fingerprint density at radius 3 is 2.96 bits per heavy atom. The Hall–Kier alpha value is -2.25. The van der Waals surface area contributed by atoms with Crippen LogP contribution in [0.25, 0.3) is 6.08 Å². The first-order chi connectivity index (χ1) is 11.6. The van der Waals surface area contributed by atoms with E-state index in [1.165, 1.54) is 16.7 Å². The summed E-state index contributed by atoms with van der Waals surface area (Å²) in [4.78, 5) is 14.6. The van der Waals surface area contributed by atoms with E-state index in [1.807, 2.05) is 6.92 Å². The average Bonchev–Trinajstić information content (AvgIpc) is 3.15. The lowest BCUT2D eigenvalue weighted by molar-refractivity contribution is -0.122. The summed E-state index contributed by atoms with van der Waals surface area (Å²) in [5.41, 5.74) is 0.759. The van der Waals surface area contributed by atoms with Crippen LogP contribution in [0.1, 0.15) is 18.2 Å². The summed E-state index contributed by atoms with van der Waals surface area (Å²) in [5.74, 6) is 0.972. The average molecular weight is 361 g/mol. The van der Waals surface area contributed by atoms with Gasteiger partial charge in [-0.05, 0) is 42.8 Å². The first kappa shape index (κ1) is 16.6. The van der Waals surface area contributed by atoms with E-state index >= 15 is 0 Å². The monoisotopic (exact) mass is 361 g/mol. The molecule has 5 nitrogen and oxygen atoms in total. The minimum absolute atomic E-state index is 0.0689. The molecule has 0 saturated carbocycles. The number of furan rings is 1. The quantitative estimate of drug-likeness (QED) is 0.646. The first-order valence-electron chi connectivity index (χ1n) is 7.32. The summed E-state index contributed by atoms with van der Waals surface area (Å²) in [7, 11) is 0. The van der Waals surface area contributed by atoms with Gasteiger partial charge in [-0.2, -0.15) is 0 Å². The summed E-state index contributed by atoms with van der Waals surface area (Å²) in [6.45, 7) is 2.60. The number of phenols is 1. The van der Waals surface area contributed by atoms with Crippen LogP contribution in [0.5, 0.6) is 11.5 Å². The highest BCUT2D eigenvalue weighted by molar-refractivity contribution is 8.26. The number of aromatic hydroxyl groups is 1. The smallest absolute Gasteiger partial charge is 0.266 e. The Morgan fingerprint density at radius 1 is 1.42 bits per heavy atom. The van der Waals surface area contributed by atoms with Gasteiger partial charge in [0, 0.05) is 0 Å². The van der Waals surface area contributed by atoms with Crippen LogP contribution in [0, 0.1) is 0 Å². The second kappa shape index (κ2) is 7.11. The van der Waals surface area contributed by atoms with Gasteiger partial charge >= 0.3 is 0 Å². The number of amides is 1. The molecular formula is C17H15NO4S2. The lowest BCUT2D eigenvalue weighted by Crippen LogP contribution is -2.27. The zero-order valence-corrected chi connectivity index (χ0v) is 14.5. The molecule has 0 aliphatic carbocycles. The van der Waals surface area contributed by atoms with E-state index in [0.717, 1.165) is 5.56 Å². The number of carbonyl (C=O) groups excluding carboxylic acids is 1. The Balaban J connectivity index is 1.82. The third-order valence-corrected chi connectivity index (χ3v) is 4.73. The van der Waals surface area contributed by atoms with Gasteiger partial charge in [0.2, 0.25) is 0 Å². The van der Waals surface area contributed by atoms with Crippen LogP contribution < -0.4 is 4.74 Å². The number of nitrogens with zero attached hydrogens (tertiary/aromatic N) is 1. The number of carbonyl (C=O) groups is 1. The van der Waals surface area contributed by atoms with Crippen LogP contribution in [-0.4, -0.2) is 26.8 Å². The molecule has 1 fully saturated rings. The van der Waals surface area contributed by atoms with Gasteiger partial charge in [-0.15, -0.1) is 0 Å². The van der Waals surface area contributed by atoms with E-state index in [9.17, 15) is 9.90 Å². The zero-order chi connectivity index (χ0) is 17.1. The van der Waals surface area contributed by atoms with E-state index in [1.54, 1.807) is 42.7 Å². The van der Waals surface area contributed by atoms with Gasteiger partial charge in [-0.3, -0.25) is 9.69 Å². The van der Waals surface area contributed by atoms with Crippen LogP contribution in [0.15, 0.2) is 45.9 Å². The van der Waals surface area contributed by atoms with Gasteiger partial charge in [0.05, 0.1) is 24.3 Å². The van der Waals surface area contributed by atoms with Gasteiger partial charge in [-0.25, -0.2) is 0 Å². The van der Waals surface area contributed by atoms with Gasteiger partial charge in [-0.1, -0.05) is 30.0 Å². The Kier molecular flexibility index (Phi) is 4.92. The number of hydrogen-bond acceptors (Lipinski definition) is 6. The van der Waals surface area contributed by atoms with Crippen molar-refractivity contribution in [2.24, 2.45) is 0 Å². The van der Waals surface area contributed by atoms with Crippen molar-refractivity contribution in [1.82, 2.24) is 4.90 Å². The highest BCUT2D eigenvalue weighted by Gasteiger charge is 2.32. The highest BCUT2D eigenvalue weighted by Crippen LogP contribution is 2.35. The molecule has 24 heavy (non-hydrogen) atoms. The highest BCUT2D eigenvalue weighted by atomic mass is 32.2. The van der Waals surface area contributed by atoms with Crippen LogP contribution >= 0.6 is 24.0 Å². The molecule has 0 unspecified atom stereocenters. The molecule has 0 radical (unpaired) electrons. The van der Waals surface area contributed by atoms with Crippen molar-refractivity contribution in [1.29, 1.82) is 0 Å². The molecule has 1 aliphatic rings. The van der Waals surface area contributed by atoms with E-state index in [2.05, 4.69) is 0 Å². The molecule has 7 heteroatoms. The molecule has 2 aromatic rings. The fraction of sp³-hybridized carbons (Fsp3) is 0.176. The number of ether oxygens (including phenoxy) is 1. The Bertz CT molecular complexity index is 799. The predicted molar refractivity (Wildman–Crippen MR) is 96.7 cm³/mol. The lowest BCUT2D eigenvalue weighted by atomic mass is 10.2. The van der Waals surface area contributed by atoms with Crippen molar-refractivity contribution in [3.8, 4) is 11.5 Å². The molecular weight excluding hydrogens is 346 g/mol. The number of benzene rings is 1. The fourth-order valence-corrected chi connectivity index (χ4v) is 3.49. The molecule has 124 valence electrons. The van der Waals surface area contributed by atoms with Crippen molar-refractivity contribution in [3.05, 3.63) is 52.8 Å². The minimum Gasteiger partial charge on any atom is -0.504 e. The maximum absolute atomic E-state index is 12.6.